The van der Waals surface area contributed by atoms with Gasteiger partial charge >= 0.3 is 0 Å². The van der Waals surface area contributed by atoms with E-state index in [1.165, 1.54) is 20.0 Å². The topological polar surface area (TPSA) is 29.9 Å². The van der Waals surface area contributed by atoms with Crippen molar-refractivity contribution in [2.24, 2.45) is 7.05 Å². The number of thiophene rings is 2. The van der Waals surface area contributed by atoms with Crippen molar-refractivity contribution in [3.8, 4) is 0 Å². The molecule has 0 aliphatic heterocycles. The highest BCUT2D eigenvalue weighted by atomic mass is 79.9. The van der Waals surface area contributed by atoms with Crippen LogP contribution < -0.4 is 5.32 Å². The maximum atomic E-state index is 4.59. The summed E-state index contributed by atoms with van der Waals surface area (Å²) in [5.74, 6) is 0. The summed E-state index contributed by atoms with van der Waals surface area (Å²) in [6.45, 7) is 2.14. The molecule has 3 aromatic rings. The summed E-state index contributed by atoms with van der Waals surface area (Å²) in [4.78, 5) is 1.39. The number of hydrogen-bond acceptors (Lipinski definition) is 4. The van der Waals surface area contributed by atoms with Crippen molar-refractivity contribution >= 4 is 48.0 Å². The number of fused-ring (bicyclic) bond motifs is 1. The van der Waals surface area contributed by atoms with Crippen LogP contribution in [-0.4, -0.2) is 16.8 Å². The summed E-state index contributed by atoms with van der Waals surface area (Å²) < 4.78 is 5.93. The number of nitrogens with one attached hydrogen (secondary N) is 1. The van der Waals surface area contributed by atoms with Crippen molar-refractivity contribution < 1.29 is 0 Å². The number of rotatable bonds is 5. The van der Waals surface area contributed by atoms with E-state index in [1.807, 2.05) is 41.5 Å². The minimum Gasteiger partial charge on any atom is -0.312 e. The molecule has 1 unspecified atom stereocenters. The smallest absolute Gasteiger partial charge is 0.0766 e. The van der Waals surface area contributed by atoms with Crippen LogP contribution in [-0.2, 0) is 19.9 Å². The first-order chi connectivity index (χ1) is 10.1. The van der Waals surface area contributed by atoms with E-state index in [2.05, 4.69) is 50.8 Å². The first-order valence-electron chi connectivity index (χ1n) is 6.98. The van der Waals surface area contributed by atoms with Crippen molar-refractivity contribution in [1.29, 1.82) is 0 Å². The largest absolute Gasteiger partial charge is 0.312 e. The van der Waals surface area contributed by atoms with Gasteiger partial charge in [-0.05, 0) is 46.9 Å². The van der Waals surface area contributed by atoms with Gasteiger partial charge in [0.25, 0.3) is 0 Å². The van der Waals surface area contributed by atoms with Crippen LogP contribution in [0.25, 0.3) is 9.40 Å². The van der Waals surface area contributed by atoms with Gasteiger partial charge in [-0.15, -0.1) is 22.7 Å². The Hall–Kier alpha value is -0.690. The van der Waals surface area contributed by atoms with Crippen LogP contribution in [0.1, 0.15) is 29.2 Å². The SMILES string of the molecule is CCc1nn(C)c(CC(NC)c2cc3sccc3s2)c1Br. The van der Waals surface area contributed by atoms with Crippen molar-refractivity contribution in [1.82, 2.24) is 15.1 Å². The molecule has 1 atom stereocenters. The van der Waals surface area contributed by atoms with E-state index in [1.54, 1.807) is 0 Å². The van der Waals surface area contributed by atoms with Crippen LogP contribution in [0.2, 0.25) is 0 Å². The van der Waals surface area contributed by atoms with Crippen LogP contribution in [0.3, 0.4) is 0 Å². The zero-order valence-electron chi connectivity index (χ0n) is 12.3. The van der Waals surface area contributed by atoms with E-state index in [0.29, 0.717) is 6.04 Å². The average molecular weight is 384 g/mol. The third-order valence-corrected chi connectivity index (χ3v) is 6.87. The summed E-state index contributed by atoms with van der Waals surface area (Å²) in [5.41, 5.74) is 2.39. The normalized spacial score (nSPS) is 13.1. The van der Waals surface area contributed by atoms with Crippen LogP contribution in [0.15, 0.2) is 22.0 Å². The van der Waals surface area contributed by atoms with E-state index in [9.17, 15) is 0 Å². The molecule has 0 spiro atoms. The molecule has 0 aromatic carbocycles. The third kappa shape index (κ3) is 2.82. The molecular weight excluding hydrogens is 366 g/mol. The van der Waals surface area contributed by atoms with E-state index in [-0.39, 0.29) is 0 Å². The molecular formula is C15H18BrN3S2. The molecule has 0 bridgehead atoms. The van der Waals surface area contributed by atoms with Crippen molar-refractivity contribution in [3.05, 3.63) is 38.3 Å². The van der Waals surface area contributed by atoms with Gasteiger partial charge in [0.05, 0.1) is 15.9 Å². The molecule has 21 heavy (non-hydrogen) atoms. The van der Waals surface area contributed by atoms with Crippen LogP contribution >= 0.6 is 38.6 Å². The van der Waals surface area contributed by atoms with Gasteiger partial charge < -0.3 is 5.32 Å². The number of hydrogen-bond donors (Lipinski definition) is 1. The maximum Gasteiger partial charge on any atom is 0.0766 e. The lowest BCUT2D eigenvalue weighted by molar-refractivity contribution is 0.568. The van der Waals surface area contributed by atoms with E-state index in [4.69, 9.17) is 0 Å². The van der Waals surface area contributed by atoms with Crippen LogP contribution in [0, 0.1) is 0 Å². The summed E-state index contributed by atoms with van der Waals surface area (Å²) in [6, 6.07) is 4.85. The Morgan fingerprint density at radius 1 is 1.43 bits per heavy atom. The second kappa shape index (κ2) is 6.20. The van der Waals surface area contributed by atoms with E-state index < -0.39 is 0 Å². The van der Waals surface area contributed by atoms with Gasteiger partial charge in [-0.25, -0.2) is 0 Å². The first-order valence-corrected chi connectivity index (χ1v) is 9.47. The van der Waals surface area contributed by atoms with Crippen molar-refractivity contribution in [2.75, 3.05) is 7.05 Å². The first kappa shape index (κ1) is 15.2. The van der Waals surface area contributed by atoms with Gasteiger partial charge in [0.1, 0.15) is 0 Å². The van der Waals surface area contributed by atoms with Gasteiger partial charge in [-0.1, -0.05) is 6.92 Å². The highest BCUT2D eigenvalue weighted by Crippen LogP contribution is 2.35. The predicted molar refractivity (Wildman–Crippen MR) is 95.5 cm³/mol. The minimum atomic E-state index is 0.325. The third-order valence-electron chi connectivity index (χ3n) is 3.75. The van der Waals surface area contributed by atoms with Crippen molar-refractivity contribution in [2.45, 2.75) is 25.8 Å². The lowest BCUT2D eigenvalue weighted by Gasteiger charge is -2.15. The number of halogens is 1. The zero-order valence-corrected chi connectivity index (χ0v) is 15.5. The minimum absolute atomic E-state index is 0.325. The monoisotopic (exact) mass is 383 g/mol. The van der Waals surface area contributed by atoms with E-state index >= 15 is 0 Å². The summed E-state index contributed by atoms with van der Waals surface area (Å²) in [6.07, 6.45) is 1.89. The fourth-order valence-electron chi connectivity index (χ4n) is 2.54. The van der Waals surface area contributed by atoms with E-state index in [0.717, 1.165) is 23.0 Å². The molecule has 3 rings (SSSR count). The second-order valence-corrected chi connectivity index (χ2v) is 7.88. The summed E-state index contributed by atoms with van der Waals surface area (Å²) in [5, 5.41) is 10.2. The molecule has 0 radical (unpaired) electrons. The summed E-state index contributed by atoms with van der Waals surface area (Å²) >= 11 is 7.41. The fourth-order valence-corrected chi connectivity index (χ4v) is 5.54. The molecule has 1 N–H and O–H groups in total. The highest BCUT2D eigenvalue weighted by molar-refractivity contribution is 9.10. The fraction of sp³-hybridized carbons (Fsp3) is 0.400. The molecule has 112 valence electrons. The Labute approximate surface area is 141 Å². The zero-order chi connectivity index (χ0) is 15.0. The number of nitrogens with zero attached hydrogens (tertiary/aromatic N) is 2. The van der Waals surface area contributed by atoms with Gasteiger partial charge in [0, 0.05) is 33.8 Å². The molecule has 6 heteroatoms. The summed E-state index contributed by atoms with van der Waals surface area (Å²) in [7, 11) is 4.06. The molecule has 0 aliphatic rings. The molecule has 0 saturated heterocycles. The lowest BCUT2D eigenvalue weighted by Crippen LogP contribution is -2.19. The predicted octanol–water partition coefficient (Wildman–Crippen LogP) is 4.52. The van der Waals surface area contributed by atoms with Gasteiger partial charge in [-0.2, -0.15) is 5.10 Å². The lowest BCUT2D eigenvalue weighted by atomic mass is 10.1. The number of likely N-dealkylation sites (N-methyl/N-ethyl adjacent to an activating group) is 1. The Morgan fingerprint density at radius 3 is 2.86 bits per heavy atom. The molecule has 3 heterocycles. The molecule has 0 amide bonds. The quantitative estimate of drug-likeness (QED) is 0.701. The molecule has 3 aromatic heterocycles. The Balaban J connectivity index is 1.91. The van der Waals surface area contributed by atoms with Gasteiger partial charge in [-0.3, -0.25) is 4.68 Å². The van der Waals surface area contributed by atoms with Crippen LogP contribution in [0.5, 0.6) is 0 Å². The molecule has 0 saturated carbocycles. The van der Waals surface area contributed by atoms with Crippen LogP contribution in [0.4, 0.5) is 0 Å². The highest BCUT2D eigenvalue weighted by Gasteiger charge is 2.19. The average Bonchev–Trinajstić information content (AvgIpc) is 3.12. The number of aromatic nitrogens is 2. The molecule has 0 aliphatic carbocycles. The molecule has 3 nitrogen and oxygen atoms in total. The number of aryl methyl sites for hydroxylation is 2. The Morgan fingerprint density at radius 2 is 2.24 bits per heavy atom. The molecule has 0 fully saturated rings. The Bertz CT molecular complexity index is 728. The maximum absolute atomic E-state index is 4.59. The van der Waals surface area contributed by atoms with Gasteiger partial charge in [0.15, 0.2) is 0 Å². The second-order valence-electron chi connectivity index (χ2n) is 5.03. The van der Waals surface area contributed by atoms with Gasteiger partial charge in [0.2, 0.25) is 0 Å². The standard InChI is InChI=1S/C15H18BrN3S2/c1-4-9-15(16)11(19(3)18-9)7-10(17-2)13-8-14-12(21-13)5-6-20-14/h5-6,8,10,17H,4,7H2,1-3H3. The Kier molecular flexibility index (Phi) is 4.49. The van der Waals surface area contributed by atoms with Crippen molar-refractivity contribution in [3.63, 3.8) is 0 Å².